The highest BCUT2D eigenvalue weighted by atomic mass is 127. The van der Waals surface area contributed by atoms with E-state index in [1.165, 1.54) is 24.8 Å². The second-order valence-electron chi connectivity index (χ2n) is 5.67. The summed E-state index contributed by atoms with van der Waals surface area (Å²) in [6.45, 7) is 2.74. The maximum atomic E-state index is 6.12. The average molecular weight is 406 g/mol. The lowest BCUT2D eigenvalue weighted by atomic mass is 10.1. The lowest BCUT2D eigenvalue weighted by molar-refractivity contribution is 0.302. The fraction of sp³-hybridized carbons (Fsp3) is 0.714. The molecule has 2 N–H and O–H groups in total. The monoisotopic (exact) mass is 406 g/mol. The first-order chi connectivity index (χ1) is 9.58. The van der Waals surface area contributed by atoms with Gasteiger partial charge in [-0.2, -0.15) is 5.10 Å². The Kier molecular flexibility index (Phi) is 7.44. The number of hydrogen-bond donors (Lipinski definition) is 1. The molecule has 1 aliphatic rings. The smallest absolute Gasteiger partial charge is 0.191 e. The minimum Gasteiger partial charge on any atom is -0.370 e. The Morgan fingerprint density at radius 1 is 1.38 bits per heavy atom. The van der Waals surface area contributed by atoms with Gasteiger partial charge in [0.15, 0.2) is 5.96 Å². The Bertz CT molecular complexity index is 450. The van der Waals surface area contributed by atoms with Gasteiger partial charge in [-0.05, 0) is 33.4 Å². The number of piperidine rings is 1. The number of nitrogens with zero attached hydrogens (tertiary/aromatic N) is 5. The number of aromatic nitrogens is 2. The third-order valence-electron chi connectivity index (χ3n) is 3.84. The first kappa shape index (κ1) is 18.2. The molecule has 1 aromatic rings. The standard InChI is InChI=1S/C14H26N6.HI/c1-18(2)13(12-9-17-19(3)11-12)10-16-14(15)20-7-5-4-6-8-20;/h9,11,13H,4-8,10H2,1-3H3,(H2,15,16);1H. The van der Waals surface area contributed by atoms with Crippen LogP contribution in [0.15, 0.2) is 17.4 Å². The summed E-state index contributed by atoms with van der Waals surface area (Å²) >= 11 is 0. The number of nitrogens with two attached hydrogens (primary N) is 1. The van der Waals surface area contributed by atoms with Gasteiger partial charge >= 0.3 is 0 Å². The van der Waals surface area contributed by atoms with Crippen molar-refractivity contribution < 1.29 is 0 Å². The molecule has 1 aliphatic heterocycles. The minimum absolute atomic E-state index is 0. The molecule has 2 heterocycles. The summed E-state index contributed by atoms with van der Waals surface area (Å²) < 4.78 is 1.82. The zero-order chi connectivity index (χ0) is 14.5. The van der Waals surface area contributed by atoms with Gasteiger partial charge in [-0.3, -0.25) is 9.67 Å². The Morgan fingerprint density at radius 3 is 2.57 bits per heavy atom. The SMILES string of the molecule is CN(C)C(CN=C(N)N1CCCCC1)c1cnn(C)c1.I. The quantitative estimate of drug-likeness (QED) is 0.467. The van der Waals surface area contributed by atoms with E-state index in [1.54, 1.807) is 0 Å². The molecule has 1 atom stereocenters. The van der Waals surface area contributed by atoms with E-state index in [-0.39, 0.29) is 30.0 Å². The maximum absolute atomic E-state index is 6.12. The largest absolute Gasteiger partial charge is 0.370 e. The predicted molar refractivity (Wildman–Crippen MR) is 97.0 cm³/mol. The Hall–Kier alpha value is -0.830. The fourth-order valence-electron chi connectivity index (χ4n) is 2.58. The summed E-state index contributed by atoms with van der Waals surface area (Å²) in [4.78, 5) is 8.95. The van der Waals surface area contributed by atoms with Crippen LogP contribution in [-0.2, 0) is 7.05 Å². The zero-order valence-corrected chi connectivity index (χ0v) is 15.5. The van der Waals surface area contributed by atoms with Crippen molar-refractivity contribution in [2.75, 3.05) is 33.7 Å². The Labute approximate surface area is 144 Å². The van der Waals surface area contributed by atoms with Crippen LogP contribution >= 0.6 is 24.0 Å². The van der Waals surface area contributed by atoms with Gasteiger partial charge in [-0.1, -0.05) is 0 Å². The minimum atomic E-state index is 0. The van der Waals surface area contributed by atoms with Crippen LogP contribution in [-0.4, -0.2) is 59.3 Å². The molecule has 1 fully saturated rings. The third kappa shape index (κ3) is 5.14. The summed E-state index contributed by atoms with van der Waals surface area (Å²) in [5.41, 5.74) is 7.29. The molecule has 0 aromatic carbocycles. The molecule has 6 nitrogen and oxygen atoms in total. The summed E-state index contributed by atoms with van der Waals surface area (Å²) in [5.74, 6) is 0.681. The van der Waals surface area contributed by atoms with Gasteiger partial charge in [0.1, 0.15) is 0 Å². The highest BCUT2D eigenvalue weighted by Gasteiger charge is 2.17. The van der Waals surface area contributed by atoms with Crippen molar-refractivity contribution in [2.24, 2.45) is 17.8 Å². The van der Waals surface area contributed by atoms with E-state index in [4.69, 9.17) is 5.73 Å². The second kappa shape index (κ2) is 8.57. The van der Waals surface area contributed by atoms with Crippen LogP contribution in [0.1, 0.15) is 30.9 Å². The van der Waals surface area contributed by atoms with E-state index in [9.17, 15) is 0 Å². The number of likely N-dealkylation sites (tertiary alicyclic amines) is 1. The van der Waals surface area contributed by atoms with E-state index < -0.39 is 0 Å². The predicted octanol–water partition coefficient (Wildman–Crippen LogP) is 1.44. The molecule has 1 saturated heterocycles. The van der Waals surface area contributed by atoms with E-state index in [2.05, 4.69) is 34.0 Å². The van der Waals surface area contributed by atoms with E-state index in [1.807, 2.05) is 24.1 Å². The molecular formula is C14H27IN6. The van der Waals surface area contributed by atoms with Crippen molar-refractivity contribution in [2.45, 2.75) is 25.3 Å². The number of hydrogen-bond acceptors (Lipinski definition) is 3. The van der Waals surface area contributed by atoms with Gasteiger partial charge in [0.25, 0.3) is 0 Å². The molecule has 0 saturated carbocycles. The molecule has 2 rings (SSSR count). The van der Waals surface area contributed by atoms with Gasteiger partial charge in [-0.25, -0.2) is 0 Å². The molecule has 0 bridgehead atoms. The molecule has 21 heavy (non-hydrogen) atoms. The summed E-state index contributed by atoms with van der Waals surface area (Å²) in [7, 11) is 6.05. The van der Waals surface area contributed by atoms with E-state index >= 15 is 0 Å². The first-order valence-corrected chi connectivity index (χ1v) is 7.28. The van der Waals surface area contributed by atoms with Crippen LogP contribution in [0, 0.1) is 0 Å². The first-order valence-electron chi connectivity index (χ1n) is 7.28. The number of guanidine groups is 1. The molecular weight excluding hydrogens is 379 g/mol. The number of likely N-dealkylation sites (N-methyl/N-ethyl adjacent to an activating group) is 1. The van der Waals surface area contributed by atoms with Gasteiger partial charge < -0.3 is 15.5 Å². The number of aliphatic imine (C=N–C) groups is 1. The molecule has 0 spiro atoms. The summed E-state index contributed by atoms with van der Waals surface area (Å²) in [5, 5.41) is 4.24. The van der Waals surface area contributed by atoms with Crippen LogP contribution in [0.3, 0.4) is 0 Å². The maximum Gasteiger partial charge on any atom is 0.191 e. The molecule has 120 valence electrons. The van der Waals surface area contributed by atoms with Crippen LogP contribution in [0.5, 0.6) is 0 Å². The van der Waals surface area contributed by atoms with E-state index in [0.717, 1.165) is 13.1 Å². The lowest BCUT2D eigenvalue weighted by Crippen LogP contribution is -2.41. The van der Waals surface area contributed by atoms with Crippen LogP contribution in [0.25, 0.3) is 0 Å². The fourth-order valence-corrected chi connectivity index (χ4v) is 2.58. The van der Waals surface area contributed by atoms with E-state index in [0.29, 0.717) is 12.5 Å². The summed E-state index contributed by atoms with van der Waals surface area (Å²) in [6, 6.07) is 0.215. The molecule has 1 aromatic heterocycles. The Balaban J connectivity index is 0.00000220. The highest BCUT2D eigenvalue weighted by Crippen LogP contribution is 2.18. The van der Waals surface area contributed by atoms with Crippen LogP contribution in [0.4, 0.5) is 0 Å². The zero-order valence-electron chi connectivity index (χ0n) is 13.2. The topological polar surface area (TPSA) is 62.7 Å². The molecule has 7 heteroatoms. The number of halogens is 1. The summed E-state index contributed by atoms with van der Waals surface area (Å²) in [6.07, 6.45) is 7.68. The van der Waals surface area contributed by atoms with Crippen molar-refractivity contribution in [3.63, 3.8) is 0 Å². The van der Waals surface area contributed by atoms with Gasteiger partial charge in [0.05, 0.1) is 18.8 Å². The van der Waals surface area contributed by atoms with Crippen LogP contribution < -0.4 is 5.73 Å². The third-order valence-corrected chi connectivity index (χ3v) is 3.84. The molecule has 0 radical (unpaired) electrons. The van der Waals surface area contributed by atoms with Crippen molar-refractivity contribution in [3.8, 4) is 0 Å². The van der Waals surface area contributed by atoms with Gasteiger partial charge in [-0.15, -0.1) is 24.0 Å². The van der Waals surface area contributed by atoms with Crippen molar-refractivity contribution in [1.82, 2.24) is 19.6 Å². The number of aryl methyl sites for hydroxylation is 1. The van der Waals surface area contributed by atoms with Crippen molar-refractivity contribution in [1.29, 1.82) is 0 Å². The number of rotatable bonds is 4. The second-order valence-corrected chi connectivity index (χ2v) is 5.67. The molecule has 0 amide bonds. The highest BCUT2D eigenvalue weighted by molar-refractivity contribution is 14.0. The molecule has 0 aliphatic carbocycles. The van der Waals surface area contributed by atoms with Gasteiger partial charge in [0.2, 0.25) is 0 Å². The van der Waals surface area contributed by atoms with Crippen molar-refractivity contribution in [3.05, 3.63) is 18.0 Å². The lowest BCUT2D eigenvalue weighted by Gasteiger charge is -2.28. The normalized spacial score (nSPS) is 17.7. The van der Waals surface area contributed by atoms with Crippen LogP contribution in [0.2, 0.25) is 0 Å². The van der Waals surface area contributed by atoms with Crippen molar-refractivity contribution >= 4 is 29.9 Å². The molecule has 1 unspecified atom stereocenters. The van der Waals surface area contributed by atoms with Gasteiger partial charge in [0, 0.05) is 31.9 Å². The Morgan fingerprint density at radius 2 is 2.05 bits per heavy atom. The average Bonchev–Trinajstić information content (AvgIpc) is 2.86.